The molecule has 1 unspecified atom stereocenters. The van der Waals surface area contributed by atoms with Gasteiger partial charge in [-0.3, -0.25) is 19.0 Å². The van der Waals surface area contributed by atoms with Crippen LogP contribution in [0.25, 0.3) is 16.7 Å². The minimum Gasteiger partial charge on any atom is -0.497 e. The molecule has 1 amide bonds. The van der Waals surface area contributed by atoms with E-state index in [1.807, 2.05) is 20.8 Å². The van der Waals surface area contributed by atoms with E-state index < -0.39 is 5.69 Å². The zero-order valence-corrected chi connectivity index (χ0v) is 20.8. The van der Waals surface area contributed by atoms with Gasteiger partial charge in [0, 0.05) is 23.7 Å². The van der Waals surface area contributed by atoms with E-state index in [0.29, 0.717) is 35.2 Å². The second kappa shape index (κ2) is 10.2. The van der Waals surface area contributed by atoms with Gasteiger partial charge in [-0.15, -0.1) is 5.10 Å². The van der Waals surface area contributed by atoms with Gasteiger partial charge in [0.15, 0.2) is 5.78 Å². The van der Waals surface area contributed by atoms with Gasteiger partial charge < -0.3 is 10.1 Å². The molecule has 1 atom stereocenters. The normalized spacial score (nSPS) is 12.1. The number of benzene rings is 2. The first kappa shape index (κ1) is 24.9. The summed E-state index contributed by atoms with van der Waals surface area (Å²) < 4.78 is 8.91. The van der Waals surface area contributed by atoms with Gasteiger partial charge >= 0.3 is 5.69 Å². The number of methoxy groups -OCH3 is 1. The fourth-order valence-corrected chi connectivity index (χ4v) is 4.00. The molecule has 0 aliphatic carbocycles. The van der Waals surface area contributed by atoms with E-state index in [9.17, 15) is 19.2 Å². The molecular weight excluding hydrogens is 462 g/mol. The summed E-state index contributed by atoms with van der Waals surface area (Å²) in [4.78, 5) is 52.4. The Bertz CT molecular complexity index is 1560. The molecule has 0 aliphatic heterocycles. The van der Waals surface area contributed by atoms with Gasteiger partial charge in [0.2, 0.25) is 5.78 Å². The Morgan fingerprint density at radius 1 is 1.06 bits per heavy atom. The molecule has 10 heteroatoms. The summed E-state index contributed by atoms with van der Waals surface area (Å²) >= 11 is 0. The van der Waals surface area contributed by atoms with Crippen molar-refractivity contribution in [2.75, 3.05) is 7.11 Å². The molecule has 1 N–H and O–H groups in total. The maximum absolute atomic E-state index is 13.5. The molecule has 2 aromatic carbocycles. The van der Waals surface area contributed by atoms with Crippen molar-refractivity contribution in [1.29, 1.82) is 0 Å². The lowest BCUT2D eigenvalue weighted by atomic mass is 10.1. The average molecular weight is 492 g/mol. The Hall–Kier alpha value is -4.21. The first-order valence-corrected chi connectivity index (χ1v) is 11.9. The summed E-state index contributed by atoms with van der Waals surface area (Å²) in [5, 5.41) is 7.55. The molecule has 2 heterocycles. The smallest absolute Gasteiger partial charge is 0.352 e. The fourth-order valence-electron chi connectivity index (χ4n) is 4.00. The second-order valence-electron chi connectivity index (χ2n) is 8.70. The van der Waals surface area contributed by atoms with Crippen molar-refractivity contribution < 1.29 is 14.3 Å². The predicted octanol–water partition coefficient (Wildman–Crippen LogP) is 2.64. The Labute approximate surface area is 207 Å². The van der Waals surface area contributed by atoms with Crippen LogP contribution in [0.4, 0.5) is 0 Å². The molecule has 188 valence electrons. The number of hydrogen-bond donors (Lipinski definition) is 1. The van der Waals surface area contributed by atoms with Crippen LogP contribution in [0.5, 0.6) is 5.75 Å². The third kappa shape index (κ3) is 4.53. The highest BCUT2D eigenvalue weighted by Crippen LogP contribution is 2.16. The van der Waals surface area contributed by atoms with Crippen molar-refractivity contribution in [1.82, 2.24) is 24.1 Å². The van der Waals surface area contributed by atoms with Gasteiger partial charge in [-0.1, -0.05) is 13.8 Å². The van der Waals surface area contributed by atoms with Gasteiger partial charge in [-0.2, -0.15) is 0 Å². The maximum Gasteiger partial charge on any atom is 0.352 e. The van der Waals surface area contributed by atoms with Gasteiger partial charge in [-0.25, -0.2) is 13.9 Å². The summed E-state index contributed by atoms with van der Waals surface area (Å²) in [6.07, 6.45) is 1.40. The quantitative estimate of drug-likeness (QED) is 0.360. The highest BCUT2D eigenvalue weighted by Gasteiger charge is 2.20. The molecule has 10 nitrogen and oxygen atoms in total. The van der Waals surface area contributed by atoms with E-state index in [-0.39, 0.29) is 41.1 Å². The summed E-state index contributed by atoms with van der Waals surface area (Å²) in [6, 6.07) is 11.2. The lowest BCUT2D eigenvalue weighted by molar-refractivity contribution is 0.0937. The molecule has 0 saturated heterocycles. The topological polar surface area (TPSA) is 117 Å². The van der Waals surface area contributed by atoms with Crippen LogP contribution < -0.4 is 21.3 Å². The number of carbonyl (C=O) groups excluding carboxylic acids is 2. The molecule has 0 radical (unpaired) electrons. The van der Waals surface area contributed by atoms with Crippen LogP contribution in [-0.4, -0.2) is 43.6 Å². The van der Waals surface area contributed by atoms with Crippen LogP contribution in [0, 0.1) is 0 Å². The van der Waals surface area contributed by atoms with E-state index in [1.54, 1.807) is 36.4 Å². The van der Waals surface area contributed by atoms with Crippen LogP contribution in [0.3, 0.4) is 0 Å². The van der Waals surface area contributed by atoms with Crippen LogP contribution in [0.15, 0.2) is 52.1 Å². The third-order valence-electron chi connectivity index (χ3n) is 6.18. The van der Waals surface area contributed by atoms with Crippen LogP contribution in [0.2, 0.25) is 0 Å². The number of carbonyl (C=O) groups is 2. The second-order valence-corrected chi connectivity index (χ2v) is 8.70. The SMILES string of the molecule is CCCn1c(=O)c2ccc(C(=O)NC(C)CC)cc2n2c(=O)n(CC(=O)c3ccc(OC)cc3)nc12. The number of nitrogens with zero attached hydrogens (tertiary/aromatic N) is 4. The number of rotatable bonds is 9. The van der Waals surface area contributed by atoms with E-state index >= 15 is 0 Å². The Balaban J connectivity index is 1.86. The molecule has 4 aromatic rings. The van der Waals surface area contributed by atoms with Crippen LogP contribution in [0.1, 0.15) is 54.3 Å². The van der Waals surface area contributed by atoms with Crippen molar-refractivity contribution >= 4 is 28.4 Å². The first-order chi connectivity index (χ1) is 17.3. The number of nitrogens with one attached hydrogen (secondary N) is 1. The molecule has 0 saturated carbocycles. The minimum atomic E-state index is -0.568. The zero-order chi connectivity index (χ0) is 26.0. The van der Waals surface area contributed by atoms with Gasteiger partial charge in [-0.05, 0) is 62.2 Å². The van der Waals surface area contributed by atoms with Crippen molar-refractivity contribution in [2.24, 2.45) is 0 Å². The zero-order valence-electron chi connectivity index (χ0n) is 20.8. The van der Waals surface area contributed by atoms with E-state index in [2.05, 4.69) is 10.4 Å². The van der Waals surface area contributed by atoms with Gasteiger partial charge in [0.1, 0.15) is 12.3 Å². The van der Waals surface area contributed by atoms with Crippen molar-refractivity contribution in [3.8, 4) is 5.75 Å². The van der Waals surface area contributed by atoms with Crippen molar-refractivity contribution in [2.45, 2.75) is 52.7 Å². The van der Waals surface area contributed by atoms with Gasteiger partial charge in [0.05, 0.1) is 18.0 Å². The van der Waals surface area contributed by atoms with E-state index in [0.717, 1.165) is 11.1 Å². The fraction of sp³-hybridized carbons (Fsp3) is 0.346. The van der Waals surface area contributed by atoms with Gasteiger partial charge in [0.25, 0.3) is 11.5 Å². The average Bonchev–Trinajstić information content (AvgIpc) is 3.21. The molecule has 4 rings (SSSR count). The predicted molar refractivity (Wildman–Crippen MR) is 136 cm³/mol. The Kier molecular flexibility index (Phi) is 7.05. The highest BCUT2D eigenvalue weighted by molar-refractivity contribution is 5.98. The Morgan fingerprint density at radius 2 is 1.75 bits per heavy atom. The number of amides is 1. The molecule has 0 spiro atoms. The number of Topliss-reactive ketones (excluding diaryl/α,β-unsaturated/α-hetero) is 1. The number of ether oxygens (including phenoxy) is 1. The number of hydrogen-bond acceptors (Lipinski definition) is 6. The summed E-state index contributed by atoms with van der Waals surface area (Å²) in [5.74, 6) is 0.124. The lowest BCUT2D eigenvalue weighted by Crippen LogP contribution is -2.32. The molecule has 2 aromatic heterocycles. The summed E-state index contributed by atoms with van der Waals surface area (Å²) in [6.45, 7) is 5.82. The molecular formula is C26H29N5O5. The number of fused-ring (bicyclic) bond motifs is 3. The molecule has 36 heavy (non-hydrogen) atoms. The summed E-state index contributed by atoms with van der Waals surface area (Å²) in [5.41, 5.74) is 0.116. The largest absolute Gasteiger partial charge is 0.497 e. The van der Waals surface area contributed by atoms with E-state index in [1.165, 1.54) is 22.1 Å². The highest BCUT2D eigenvalue weighted by atomic mass is 16.5. The Morgan fingerprint density at radius 3 is 2.39 bits per heavy atom. The summed E-state index contributed by atoms with van der Waals surface area (Å²) in [7, 11) is 1.53. The molecule has 0 aliphatic rings. The van der Waals surface area contributed by atoms with Crippen molar-refractivity contribution in [3.05, 3.63) is 74.4 Å². The first-order valence-electron chi connectivity index (χ1n) is 11.9. The number of aromatic nitrogens is 4. The number of ketones is 1. The maximum atomic E-state index is 13.5. The van der Waals surface area contributed by atoms with Crippen LogP contribution in [-0.2, 0) is 13.1 Å². The standard InChI is InChI=1S/C26H29N5O5/c1-5-13-29-24(34)20-12-9-18(23(33)27-16(3)6-2)14-21(20)31-25(29)28-30(26(31)35)15-22(32)17-7-10-19(36-4)11-8-17/h7-12,14,16H,5-6,13,15H2,1-4H3,(H,27,33). The van der Waals surface area contributed by atoms with E-state index in [4.69, 9.17) is 4.74 Å². The monoisotopic (exact) mass is 491 g/mol. The molecule has 0 fully saturated rings. The van der Waals surface area contributed by atoms with Crippen LogP contribution >= 0.6 is 0 Å². The number of aryl methyl sites for hydroxylation is 1. The minimum absolute atomic E-state index is 0.0276. The third-order valence-corrected chi connectivity index (χ3v) is 6.18. The lowest BCUT2D eigenvalue weighted by Gasteiger charge is -2.13. The molecule has 0 bridgehead atoms. The van der Waals surface area contributed by atoms with Crippen molar-refractivity contribution in [3.63, 3.8) is 0 Å².